The van der Waals surface area contributed by atoms with Crippen molar-refractivity contribution < 1.29 is 9.53 Å². The molecule has 1 heterocycles. The van der Waals surface area contributed by atoms with Gasteiger partial charge in [0, 0.05) is 58.9 Å². The predicted octanol–water partition coefficient (Wildman–Crippen LogP) is 2.31. The van der Waals surface area contributed by atoms with Crippen molar-refractivity contribution in [2.75, 3.05) is 64.9 Å². The monoisotopic (exact) mass is 423 g/mol. The third kappa shape index (κ3) is 6.91. The molecule has 1 fully saturated rings. The molecule has 0 atom stereocenters. The number of hydrogen-bond donors (Lipinski definition) is 1. The number of para-hydroxylation sites is 2. The summed E-state index contributed by atoms with van der Waals surface area (Å²) in [7, 11) is 3.72. The standard InChI is InChI=1S/C24H33N5O2/c1-25-24(27(2)19-20-31-22-11-7-4-8-12-22)26-14-13-23(30)29-17-15-28(16-18-29)21-9-5-3-6-10-21/h3-12H,13-20H2,1-2H3,(H,25,26). The van der Waals surface area contributed by atoms with Crippen LogP contribution in [0.5, 0.6) is 5.75 Å². The minimum absolute atomic E-state index is 0.186. The van der Waals surface area contributed by atoms with Crippen LogP contribution < -0.4 is 15.0 Å². The fraction of sp³-hybridized carbons (Fsp3) is 0.417. The Balaban J connectivity index is 1.34. The van der Waals surface area contributed by atoms with Crippen molar-refractivity contribution in [1.82, 2.24) is 15.1 Å². The third-order valence-electron chi connectivity index (χ3n) is 5.39. The molecule has 0 aromatic heterocycles. The molecule has 166 valence electrons. The van der Waals surface area contributed by atoms with Gasteiger partial charge in [0.05, 0.1) is 6.54 Å². The number of anilines is 1. The van der Waals surface area contributed by atoms with Crippen LogP contribution in [0.4, 0.5) is 5.69 Å². The summed E-state index contributed by atoms with van der Waals surface area (Å²) in [5, 5.41) is 3.28. The highest BCUT2D eigenvalue weighted by Gasteiger charge is 2.21. The van der Waals surface area contributed by atoms with E-state index in [0.717, 1.165) is 37.9 Å². The summed E-state index contributed by atoms with van der Waals surface area (Å²) < 4.78 is 5.74. The molecule has 1 aliphatic heterocycles. The van der Waals surface area contributed by atoms with E-state index in [9.17, 15) is 4.79 Å². The van der Waals surface area contributed by atoms with Gasteiger partial charge in [-0.15, -0.1) is 0 Å². The smallest absolute Gasteiger partial charge is 0.224 e. The molecule has 2 aromatic rings. The number of benzene rings is 2. The zero-order valence-electron chi connectivity index (χ0n) is 18.5. The van der Waals surface area contributed by atoms with Crippen molar-refractivity contribution in [3.63, 3.8) is 0 Å². The number of nitrogens with one attached hydrogen (secondary N) is 1. The Morgan fingerprint density at radius 2 is 1.68 bits per heavy atom. The van der Waals surface area contributed by atoms with E-state index in [1.165, 1.54) is 5.69 Å². The number of ether oxygens (including phenoxy) is 1. The van der Waals surface area contributed by atoms with Crippen molar-refractivity contribution in [3.8, 4) is 5.75 Å². The highest BCUT2D eigenvalue weighted by molar-refractivity contribution is 5.81. The zero-order valence-corrected chi connectivity index (χ0v) is 18.5. The largest absolute Gasteiger partial charge is 0.492 e. The van der Waals surface area contributed by atoms with Gasteiger partial charge in [0.2, 0.25) is 5.91 Å². The van der Waals surface area contributed by atoms with Crippen molar-refractivity contribution in [2.45, 2.75) is 6.42 Å². The second-order valence-corrected chi connectivity index (χ2v) is 7.51. The maximum atomic E-state index is 12.6. The third-order valence-corrected chi connectivity index (χ3v) is 5.39. The number of carbonyl (C=O) groups excluding carboxylic acids is 1. The molecule has 3 rings (SSSR count). The van der Waals surface area contributed by atoms with Gasteiger partial charge >= 0.3 is 0 Å². The van der Waals surface area contributed by atoms with Crippen LogP contribution in [0, 0.1) is 0 Å². The Labute approximate surface area is 185 Å². The van der Waals surface area contributed by atoms with Gasteiger partial charge in [0.1, 0.15) is 12.4 Å². The van der Waals surface area contributed by atoms with Gasteiger partial charge < -0.3 is 24.8 Å². The topological polar surface area (TPSA) is 60.4 Å². The number of guanidine groups is 1. The Hall–Kier alpha value is -3.22. The SMILES string of the molecule is CN=C(NCCC(=O)N1CCN(c2ccccc2)CC1)N(C)CCOc1ccccc1. The molecule has 0 aliphatic carbocycles. The first-order chi connectivity index (χ1) is 15.2. The van der Waals surface area contributed by atoms with Crippen LogP contribution >= 0.6 is 0 Å². The lowest BCUT2D eigenvalue weighted by Gasteiger charge is -2.36. The number of amides is 1. The van der Waals surface area contributed by atoms with Crippen LogP contribution in [0.2, 0.25) is 0 Å². The molecule has 0 saturated carbocycles. The van der Waals surface area contributed by atoms with E-state index in [2.05, 4.69) is 39.5 Å². The van der Waals surface area contributed by atoms with Gasteiger partial charge in [0.25, 0.3) is 0 Å². The quantitative estimate of drug-likeness (QED) is 0.522. The summed E-state index contributed by atoms with van der Waals surface area (Å²) in [4.78, 5) is 23.2. The lowest BCUT2D eigenvalue weighted by Crippen LogP contribution is -2.49. The Bertz CT molecular complexity index is 820. The molecule has 0 radical (unpaired) electrons. The van der Waals surface area contributed by atoms with E-state index >= 15 is 0 Å². The van der Waals surface area contributed by atoms with Crippen molar-refractivity contribution in [2.24, 2.45) is 4.99 Å². The van der Waals surface area contributed by atoms with Crippen LogP contribution in [0.25, 0.3) is 0 Å². The minimum atomic E-state index is 0.186. The highest BCUT2D eigenvalue weighted by Crippen LogP contribution is 2.15. The lowest BCUT2D eigenvalue weighted by molar-refractivity contribution is -0.131. The summed E-state index contributed by atoms with van der Waals surface area (Å²) in [6.07, 6.45) is 0.457. The van der Waals surface area contributed by atoms with E-state index in [1.54, 1.807) is 7.05 Å². The number of piperazine rings is 1. The summed E-state index contributed by atoms with van der Waals surface area (Å²) >= 11 is 0. The Kier molecular flexibility index (Phi) is 8.58. The number of likely N-dealkylation sites (N-methyl/N-ethyl adjacent to an activating group) is 1. The van der Waals surface area contributed by atoms with Crippen molar-refractivity contribution >= 4 is 17.6 Å². The molecule has 0 unspecified atom stereocenters. The molecule has 7 nitrogen and oxygen atoms in total. The van der Waals surface area contributed by atoms with Crippen LogP contribution in [-0.4, -0.2) is 81.6 Å². The molecule has 1 aliphatic rings. The fourth-order valence-corrected chi connectivity index (χ4v) is 3.60. The number of aliphatic imine (C=N–C) groups is 1. The van der Waals surface area contributed by atoms with Crippen LogP contribution in [0.1, 0.15) is 6.42 Å². The molecular formula is C24H33N5O2. The average Bonchev–Trinajstić information content (AvgIpc) is 2.83. The van der Waals surface area contributed by atoms with Crippen LogP contribution in [0.15, 0.2) is 65.7 Å². The summed E-state index contributed by atoms with van der Waals surface area (Å²) in [6, 6.07) is 20.1. The van der Waals surface area contributed by atoms with Crippen molar-refractivity contribution in [3.05, 3.63) is 60.7 Å². The van der Waals surface area contributed by atoms with Gasteiger partial charge in [-0.3, -0.25) is 9.79 Å². The van der Waals surface area contributed by atoms with E-state index < -0.39 is 0 Å². The first-order valence-electron chi connectivity index (χ1n) is 10.8. The van der Waals surface area contributed by atoms with Gasteiger partial charge in [-0.2, -0.15) is 0 Å². The molecular weight excluding hydrogens is 390 g/mol. The first-order valence-corrected chi connectivity index (χ1v) is 10.8. The van der Waals surface area contributed by atoms with Crippen LogP contribution in [-0.2, 0) is 4.79 Å². The molecule has 2 aromatic carbocycles. The maximum Gasteiger partial charge on any atom is 0.224 e. The fourth-order valence-electron chi connectivity index (χ4n) is 3.60. The lowest BCUT2D eigenvalue weighted by atomic mass is 10.2. The first kappa shape index (κ1) is 22.5. The number of rotatable bonds is 8. The van der Waals surface area contributed by atoms with Gasteiger partial charge in [0.15, 0.2) is 5.96 Å². The molecule has 1 amide bonds. The summed E-state index contributed by atoms with van der Waals surface area (Å²) in [5.74, 6) is 1.81. The van der Waals surface area contributed by atoms with Gasteiger partial charge in [-0.25, -0.2) is 0 Å². The average molecular weight is 424 g/mol. The molecule has 1 N–H and O–H groups in total. The molecule has 1 saturated heterocycles. The second kappa shape index (κ2) is 11.8. The number of hydrogen-bond acceptors (Lipinski definition) is 4. The molecule has 31 heavy (non-hydrogen) atoms. The molecule has 7 heteroatoms. The van der Waals surface area contributed by atoms with E-state index in [4.69, 9.17) is 4.74 Å². The summed E-state index contributed by atoms with van der Waals surface area (Å²) in [5.41, 5.74) is 1.22. The van der Waals surface area contributed by atoms with Gasteiger partial charge in [-0.05, 0) is 24.3 Å². The van der Waals surface area contributed by atoms with E-state index in [0.29, 0.717) is 26.1 Å². The maximum absolute atomic E-state index is 12.6. The normalized spacial score (nSPS) is 14.3. The van der Waals surface area contributed by atoms with Crippen LogP contribution in [0.3, 0.4) is 0 Å². The summed E-state index contributed by atoms with van der Waals surface area (Å²) in [6.45, 7) is 5.09. The number of nitrogens with zero attached hydrogens (tertiary/aromatic N) is 4. The number of carbonyl (C=O) groups is 1. The predicted molar refractivity (Wildman–Crippen MR) is 126 cm³/mol. The zero-order chi connectivity index (χ0) is 21.9. The van der Waals surface area contributed by atoms with Gasteiger partial charge in [-0.1, -0.05) is 36.4 Å². The van der Waals surface area contributed by atoms with E-state index in [-0.39, 0.29) is 5.91 Å². The minimum Gasteiger partial charge on any atom is -0.492 e. The van der Waals surface area contributed by atoms with E-state index in [1.807, 2.05) is 53.2 Å². The molecule has 0 bridgehead atoms. The van der Waals surface area contributed by atoms with Crippen molar-refractivity contribution in [1.29, 1.82) is 0 Å². The highest BCUT2D eigenvalue weighted by atomic mass is 16.5. The molecule has 0 spiro atoms. The Morgan fingerprint density at radius 3 is 2.32 bits per heavy atom. The Morgan fingerprint density at radius 1 is 1.03 bits per heavy atom. The second-order valence-electron chi connectivity index (χ2n) is 7.51.